The Labute approximate surface area is 140 Å². The Hall–Kier alpha value is -1.50. The molecule has 6 heteroatoms. The summed E-state index contributed by atoms with van der Waals surface area (Å²) in [6.45, 7) is 0.825. The van der Waals surface area contributed by atoms with Crippen molar-refractivity contribution in [1.82, 2.24) is 9.88 Å². The van der Waals surface area contributed by atoms with Gasteiger partial charge in [0.25, 0.3) is 5.91 Å². The van der Waals surface area contributed by atoms with Crippen LogP contribution in [-0.4, -0.2) is 22.3 Å². The summed E-state index contributed by atoms with van der Waals surface area (Å²) in [5.74, 6) is 0.0627. The van der Waals surface area contributed by atoms with Crippen LogP contribution in [0.2, 0.25) is 0 Å². The van der Waals surface area contributed by atoms with Crippen LogP contribution in [-0.2, 0) is 0 Å². The molecule has 1 aliphatic rings. The average Bonchev–Trinajstić information content (AvgIpc) is 3.35. The van der Waals surface area contributed by atoms with E-state index in [1.807, 2.05) is 27.8 Å². The molecule has 3 nitrogen and oxygen atoms in total. The van der Waals surface area contributed by atoms with Crippen molar-refractivity contribution >= 4 is 39.9 Å². The first kappa shape index (κ1) is 14.1. The van der Waals surface area contributed by atoms with Crippen molar-refractivity contribution in [2.75, 3.05) is 6.54 Å². The Morgan fingerprint density at radius 2 is 2.18 bits per heavy atom. The van der Waals surface area contributed by atoms with Gasteiger partial charge in [0.2, 0.25) is 0 Å². The minimum atomic E-state index is 0.0627. The maximum absolute atomic E-state index is 12.8. The number of hydrogen-bond acceptors (Lipinski definition) is 5. The molecule has 0 spiro atoms. The van der Waals surface area contributed by atoms with Crippen LogP contribution < -0.4 is 0 Å². The van der Waals surface area contributed by atoms with Gasteiger partial charge in [-0.1, -0.05) is 6.07 Å². The third-order valence-electron chi connectivity index (χ3n) is 3.90. The molecule has 4 heterocycles. The Morgan fingerprint density at radius 1 is 1.23 bits per heavy atom. The van der Waals surface area contributed by atoms with Gasteiger partial charge in [-0.2, -0.15) is 11.3 Å². The Morgan fingerprint density at radius 3 is 2.95 bits per heavy atom. The highest BCUT2D eigenvalue weighted by Crippen LogP contribution is 2.35. The SMILES string of the molecule is O=C(c1csc(-c2cccs2)n1)N1CCC[C@H]1c1ccsc1. The van der Waals surface area contributed by atoms with Crippen LogP contribution in [0.25, 0.3) is 9.88 Å². The largest absolute Gasteiger partial charge is 0.330 e. The molecule has 0 radical (unpaired) electrons. The molecule has 112 valence electrons. The van der Waals surface area contributed by atoms with Gasteiger partial charge in [-0.3, -0.25) is 4.79 Å². The van der Waals surface area contributed by atoms with Crippen LogP contribution in [0.15, 0.2) is 39.7 Å². The number of likely N-dealkylation sites (tertiary alicyclic amines) is 1. The van der Waals surface area contributed by atoms with E-state index in [9.17, 15) is 4.79 Å². The van der Waals surface area contributed by atoms with Crippen molar-refractivity contribution in [1.29, 1.82) is 0 Å². The molecule has 0 aromatic carbocycles. The first-order valence-electron chi connectivity index (χ1n) is 7.15. The topological polar surface area (TPSA) is 33.2 Å². The zero-order chi connectivity index (χ0) is 14.9. The third-order valence-corrected chi connectivity index (χ3v) is 6.48. The summed E-state index contributed by atoms with van der Waals surface area (Å²) in [6.07, 6.45) is 2.11. The highest BCUT2D eigenvalue weighted by atomic mass is 32.1. The number of thiazole rings is 1. The van der Waals surface area contributed by atoms with E-state index >= 15 is 0 Å². The van der Waals surface area contributed by atoms with E-state index < -0.39 is 0 Å². The predicted octanol–water partition coefficient (Wildman–Crippen LogP) is 4.91. The third kappa shape index (κ3) is 2.51. The molecule has 3 aromatic heterocycles. The fraction of sp³-hybridized carbons (Fsp3) is 0.250. The molecule has 0 bridgehead atoms. The van der Waals surface area contributed by atoms with Gasteiger partial charge in [0.15, 0.2) is 0 Å². The van der Waals surface area contributed by atoms with Crippen molar-refractivity contribution < 1.29 is 4.79 Å². The molecule has 4 rings (SSSR count). The van der Waals surface area contributed by atoms with E-state index in [4.69, 9.17) is 0 Å². The lowest BCUT2D eigenvalue weighted by Crippen LogP contribution is -2.30. The second-order valence-corrected chi connectivity index (χ2v) is 7.81. The summed E-state index contributed by atoms with van der Waals surface area (Å²) in [5.41, 5.74) is 1.83. The minimum absolute atomic E-state index is 0.0627. The number of carbonyl (C=O) groups is 1. The second-order valence-electron chi connectivity index (χ2n) is 5.23. The van der Waals surface area contributed by atoms with Crippen molar-refractivity contribution in [3.63, 3.8) is 0 Å². The van der Waals surface area contributed by atoms with Gasteiger partial charge < -0.3 is 4.90 Å². The van der Waals surface area contributed by atoms with Crippen LogP contribution in [0.3, 0.4) is 0 Å². The zero-order valence-electron chi connectivity index (χ0n) is 11.8. The standard InChI is InChI=1S/C16H14N2OS3/c19-16(12-10-22-15(17-12)14-4-2-7-21-14)18-6-1-3-13(18)11-5-8-20-9-11/h2,4-5,7-10,13H,1,3,6H2/t13-/m0/s1. The quantitative estimate of drug-likeness (QED) is 0.675. The van der Waals surface area contributed by atoms with E-state index in [-0.39, 0.29) is 11.9 Å². The van der Waals surface area contributed by atoms with Gasteiger partial charge in [0, 0.05) is 11.9 Å². The van der Waals surface area contributed by atoms with Crippen molar-refractivity contribution in [3.8, 4) is 9.88 Å². The van der Waals surface area contributed by atoms with Crippen LogP contribution in [0, 0.1) is 0 Å². The summed E-state index contributed by atoms with van der Waals surface area (Å²) >= 11 is 4.89. The van der Waals surface area contributed by atoms with Crippen molar-refractivity contribution in [2.24, 2.45) is 0 Å². The molecule has 0 saturated carbocycles. The number of nitrogens with zero attached hydrogens (tertiary/aromatic N) is 2. The molecular weight excluding hydrogens is 332 g/mol. The molecule has 1 amide bonds. The van der Waals surface area contributed by atoms with Gasteiger partial charge in [-0.05, 0) is 46.7 Å². The number of rotatable bonds is 3. The minimum Gasteiger partial charge on any atom is -0.330 e. The highest BCUT2D eigenvalue weighted by Gasteiger charge is 2.31. The smallest absolute Gasteiger partial charge is 0.273 e. The summed E-state index contributed by atoms with van der Waals surface area (Å²) in [5, 5.41) is 9.08. The number of hydrogen-bond donors (Lipinski definition) is 0. The van der Waals surface area contributed by atoms with Crippen LogP contribution in [0.4, 0.5) is 0 Å². The molecule has 1 aliphatic heterocycles. The molecule has 1 saturated heterocycles. The first-order chi connectivity index (χ1) is 10.8. The average molecular weight is 347 g/mol. The van der Waals surface area contributed by atoms with Gasteiger partial charge >= 0.3 is 0 Å². The maximum Gasteiger partial charge on any atom is 0.273 e. The Balaban J connectivity index is 1.59. The summed E-state index contributed by atoms with van der Waals surface area (Å²) in [7, 11) is 0. The normalized spacial score (nSPS) is 18.0. The number of thiophene rings is 2. The molecule has 0 aliphatic carbocycles. The lowest BCUT2D eigenvalue weighted by Gasteiger charge is -2.23. The summed E-state index contributed by atoms with van der Waals surface area (Å²) < 4.78 is 0. The van der Waals surface area contributed by atoms with Gasteiger partial charge in [-0.25, -0.2) is 4.98 Å². The van der Waals surface area contributed by atoms with E-state index in [1.165, 1.54) is 5.56 Å². The second kappa shape index (κ2) is 5.95. The summed E-state index contributed by atoms with van der Waals surface area (Å²) in [4.78, 5) is 20.5. The van der Waals surface area contributed by atoms with Gasteiger partial charge in [-0.15, -0.1) is 22.7 Å². The van der Waals surface area contributed by atoms with Crippen molar-refractivity contribution in [2.45, 2.75) is 18.9 Å². The van der Waals surface area contributed by atoms with Crippen LogP contribution >= 0.6 is 34.0 Å². The fourth-order valence-electron chi connectivity index (χ4n) is 2.85. The molecule has 1 fully saturated rings. The molecular formula is C16H14N2OS3. The Bertz CT molecular complexity index is 761. The molecule has 0 unspecified atom stereocenters. The molecule has 3 aromatic rings. The number of carbonyl (C=O) groups excluding carboxylic acids is 1. The van der Waals surface area contributed by atoms with Crippen molar-refractivity contribution in [3.05, 3.63) is 51.0 Å². The first-order valence-corrected chi connectivity index (χ1v) is 9.85. The lowest BCUT2D eigenvalue weighted by atomic mass is 10.1. The maximum atomic E-state index is 12.8. The zero-order valence-corrected chi connectivity index (χ0v) is 14.2. The number of aromatic nitrogens is 1. The molecule has 1 atom stereocenters. The van der Waals surface area contributed by atoms with E-state index in [0.29, 0.717) is 5.69 Å². The molecule has 0 N–H and O–H groups in total. The van der Waals surface area contributed by atoms with E-state index in [1.54, 1.807) is 34.0 Å². The Kier molecular flexibility index (Phi) is 3.82. The highest BCUT2D eigenvalue weighted by molar-refractivity contribution is 7.20. The monoisotopic (exact) mass is 346 g/mol. The van der Waals surface area contributed by atoms with E-state index in [2.05, 4.69) is 21.8 Å². The fourth-order valence-corrected chi connectivity index (χ4v) is 5.17. The van der Waals surface area contributed by atoms with Crippen LogP contribution in [0.1, 0.15) is 34.9 Å². The number of amides is 1. The van der Waals surface area contributed by atoms with Gasteiger partial charge in [0.05, 0.1) is 10.9 Å². The van der Waals surface area contributed by atoms with E-state index in [0.717, 1.165) is 29.3 Å². The molecule has 22 heavy (non-hydrogen) atoms. The van der Waals surface area contributed by atoms with Gasteiger partial charge in [0.1, 0.15) is 10.7 Å². The predicted molar refractivity (Wildman–Crippen MR) is 92.8 cm³/mol. The lowest BCUT2D eigenvalue weighted by molar-refractivity contribution is 0.0731. The summed E-state index contributed by atoms with van der Waals surface area (Å²) in [6, 6.07) is 6.39. The van der Waals surface area contributed by atoms with Crippen LogP contribution in [0.5, 0.6) is 0 Å².